The molecule has 0 aliphatic heterocycles. The SMILES string of the molecule is CS(=O)(=O)O/C=C(/Oc1nc(-c2ccc(Cl)cc2)c(C#N)o1)C(=O)O. The Morgan fingerprint density at radius 3 is 2.56 bits per heavy atom. The summed E-state index contributed by atoms with van der Waals surface area (Å²) >= 11 is 5.78. The van der Waals surface area contributed by atoms with Gasteiger partial charge in [0.15, 0.2) is 6.26 Å². The van der Waals surface area contributed by atoms with Crippen molar-refractivity contribution in [1.29, 1.82) is 5.26 Å². The van der Waals surface area contributed by atoms with E-state index in [2.05, 4.69) is 9.17 Å². The molecule has 0 amide bonds. The first-order valence-corrected chi connectivity index (χ1v) is 8.55. The van der Waals surface area contributed by atoms with E-state index in [1.54, 1.807) is 30.3 Å². The molecule has 0 radical (unpaired) electrons. The number of aliphatic carboxylic acids is 1. The Labute approximate surface area is 146 Å². The average Bonchev–Trinajstić information content (AvgIpc) is 2.94. The van der Waals surface area contributed by atoms with E-state index in [0.717, 1.165) is 6.26 Å². The first kappa shape index (κ1) is 18.3. The van der Waals surface area contributed by atoms with Crippen LogP contribution in [0, 0.1) is 11.3 Å². The third-order valence-corrected chi connectivity index (χ3v) is 3.26. The lowest BCUT2D eigenvalue weighted by molar-refractivity contribution is -0.135. The van der Waals surface area contributed by atoms with Crippen molar-refractivity contribution < 1.29 is 31.7 Å². The summed E-state index contributed by atoms with van der Waals surface area (Å²) in [7, 11) is -3.94. The standard InChI is InChI=1S/C14H9ClN2O7S/c1-25(20,21)22-7-11(13(18)19)24-14-17-12(10(6-16)23-14)8-2-4-9(15)5-3-8/h2-5,7H,1H3,(H,18,19)/b11-7+. The van der Waals surface area contributed by atoms with Gasteiger partial charge >= 0.3 is 22.2 Å². The number of aromatic nitrogens is 1. The molecule has 1 heterocycles. The Bertz CT molecular complexity index is 972. The van der Waals surface area contributed by atoms with Crippen molar-refractivity contribution in [3.05, 3.63) is 47.1 Å². The number of halogens is 1. The molecule has 0 aliphatic rings. The van der Waals surface area contributed by atoms with Gasteiger partial charge in [0.05, 0.1) is 6.26 Å². The summed E-state index contributed by atoms with van der Waals surface area (Å²) in [6.07, 6.45) is 0.517. The number of carboxylic acid groups (broad SMARTS) is 1. The third kappa shape index (κ3) is 4.97. The second-order valence-corrected chi connectivity index (χ2v) is 6.50. The zero-order valence-electron chi connectivity index (χ0n) is 12.5. The van der Waals surface area contributed by atoms with Crippen LogP contribution in [-0.2, 0) is 19.1 Å². The van der Waals surface area contributed by atoms with Crippen LogP contribution >= 0.6 is 11.6 Å². The van der Waals surface area contributed by atoms with E-state index in [1.807, 2.05) is 0 Å². The highest BCUT2D eigenvalue weighted by molar-refractivity contribution is 7.86. The largest absolute Gasteiger partial charge is 0.475 e. The molecule has 1 aromatic carbocycles. The summed E-state index contributed by atoms with van der Waals surface area (Å²) in [5.74, 6) is -2.77. The quantitative estimate of drug-likeness (QED) is 0.450. The molecular weight excluding hydrogens is 376 g/mol. The van der Waals surface area contributed by atoms with Crippen LogP contribution in [0.3, 0.4) is 0 Å². The van der Waals surface area contributed by atoms with E-state index in [9.17, 15) is 13.2 Å². The van der Waals surface area contributed by atoms with Gasteiger partial charge in [-0.2, -0.15) is 18.7 Å². The van der Waals surface area contributed by atoms with E-state index < -0.39 is 27.9 Å². The van der Waals surface area contributed by atoms with Gasteiger partial charge in [-0.3, -0.25) is 0 Å². The zero-order valence-corrected chi connectivity index (χ0v) is 14.0. The molecule has 0 unspecified atom stereocenters. The van der Waals surface area contributed by atoms with Gasteiger partial charge in [0.2, 0.25) is 5.76 Å². The van der Waals surface area contributed by atoms with Crippen molar-refractivity contribution in [2.75, 3.05) is 6.26 Å². The molecule has 1 N–H and O–H groups in total. The number of nitrogens with zero attached hydrogens (tertiary/aromatic N) is 2. The minimum atomic E-state index is -3.94. The minimum Gasteiger partial charge on any atom is -0.475 e. The maximum absolute atomic E-state index is 11.1. The number of nitriles is 1. The summed E-state index contributed by atoms with van der Waals surface area (Å²) in [4.78, 5) is 15.0. The number of hydrogen-bond acceptors (Lipinski definition) is 8. The highest BCUT2D eigenvalue weighted by Gasteiger charge is 2.20. The van der Waals surface area contributed by atoms with Crippen LogP contribution in [0.2, 0.25) is 5.02 Å². The van der Waals surface area contributed by atoms with Crippen LogP contribution in [0.1, 0.15) is 5.76 Å². The average molecular weight is 385 g/mol. The fraction of sp³-hybridized carbons (Fsp3) is 0.0714. The van der Waals surface area contributed by atoms with Crippen molar-refractivity contribution in [3.8, 4) is 23.4 Å². The molecular formula is C14H9ClN2O7S. The van der Waals surface area contributed by atoms with Crippen LogP contribution in [0.4, 0.5) is 0 Å². The number of rotatable bonds is 6. The molecule has 0 saturated heterocycles. The van der Waals surface area contributed by atoms with Gasteiger partial charge in [-0.05, 0) is 12.1 Å². The van der Waals surface area contributed by atoms with Gasteiger partial charge in [-0.25, -0.2) is 4.79 Å². The van der Waals surface area contributed by atoms with Crippen LogP contribution in [0.5, 0.6) is 6.08 Å². The third-order valence-electron chi connectivity index (χ3n) is 2.56. The summed E-state index contributed by atoms with van der Waals surface area (Å²) < 4.78 is 36.0. The summed E-state index contributed by atoms with van der Waals surface area (Å²) in [5.41, 5.74) is 0.579. The number of ether oxygens (including phenoxy) is 1. The van der Waals surface area contributed by atoms with Crippen molar-refractivity contribution >= 4 is 27.7 Å². The number of benzene rings is 1. The van der Waals surface area contributed by atoms with E-state index >= 15 is 0 Å². The van der Waals surface area contributed by atoms with Gasteiger partial charge in [0.25, 0.3) is 5.76 Å². The van der Waals surface area contributed by atoms with E-state index in [4.69, 9.17) is 31.1 Å². The maximum Gasteiger partial charge on any atom is 0.401 e. The lowest BCUT2D eigenvalue weighted by Crippen LogP contribution is -2.10. The van der Waals surface area contributed by atoms with Crippen molar-refractivity contribution in [1.82, 2.24) is 4.98 Å². The molecule has 9 nitrogen and oxygen atoms in total. The first-order chi connectivity index (χ1) is 11.7. The number of carbonyl (C=O) groups is 1. The Morgan fingerprint density at radius 2 is 2.04 bits per heavy atom. The first-order valence-electron chi connectivity index (χ1n) is 6.36. The van der Waals surface area contributed by atoms with Crippen LogP contribution < -0.4 is 4.74 Å². The van der Waals surface area contributed by atoms with Gasteiger partial charge in [-0.1, -0.05) is 23.7 Å². The van der Waals surface area contributed by atoms with Crippen molar-refractivity contribution in [2.45, 2.75) is 0 Å². The molecule has 2 aromatic rings. The number of carboxylic acids is 1. The Morgan fingerprint density at radius 1 is 1.40 bits per heavy atom. The van der Waals surface area contributed by atoms with Gasteiger partial charge < -0.3 is 18.4 Å². The predicted molar refractivity (Wildman–Crippen MR) is 83.9 cm³/mol. The number of hydrogen-bond donors (Lipinski definition) is 1. The molecule has 0 bridgehead atoms. The second kappa shape index (κ2) is 7.25. The van der Waals surface area contributed by atoms with Crippen molar-refractivity contribution in [2.24, 2.45) is 0 Å². The molecule has 11 heteroatoms. The smallest absolute Gasteiger partial charge is 0.401 e. The highest BCUT2D eigenvalue weighted by atomic mass is 35.5. The molecule has 0 aliphatic carbocycles. The normalized spacial score (nSPS) is 11.6. The van der Waals surface area contributed by atoms with Gasteiger partial charge in [0.1, 0.15) is 11.8 Å². The lowest BCUT2D eigenvalue weighted by atomic mass is 10.1. The molecule has 0 atom stereocenters. The minimum absolute atomic E-state index is 0.0999. The Hall–Kier alpha value is -3.03. The fourth-order valence-electron chi connectivity index (χ4n) is 1.57. The maximum atomic E-state index is 11.1. The Kier molecular flexibility index (Phi) is 5.31. The molecule has 2 rings (SSSR count). The van der Waals surface area contributed by atoms with Crippen LogP contribution in [0.25, 0.3) is 11.3 Å². The van der Waals surface area contributed by atoms with Gasteiger partial charge in [0, 0.05) is 10.6 Å². The predicted octanol–water partition coefficient (Wildman–Crippen LogP) is 2.15. The monoisotopic (exact) mass is 384 g/mol. The van der Waals surface area contributed by atoms with E-state index in [0.29, 0.717) is 16.8 Å². The van der Waals surface area contributed by atoms with Crippen LogP contribution in [-0.4, -0.2) is 30.7 Å². The van der Waals surface area contributed by atoms with Gasteiger partial charge in [-0.15, -0.1) is 0 Å². The Balaban J connectivity index is 2.35. The summed E-state index contributed by atoms with van der Waals surface area (Å²) in [5, 5.41) is 18.6. The zero-order chi connectivity index (χ0) is 18.6. The summed E-state index contributed by atoms with van der Waals surface area (Å²) in [6.45, 7) is 0. The molecule has 0 spiro atoms. The fourth-order valence-corrected chi connectivity index (χ4v) is 1.95. The lowest BCUT2D eigenvalue weighted by Gasteiger charge is -2.01. The van der Waals surface area contributed by atoms with E-state index in [-0.39, 0.29) is 11.5 Å². The highest BCUT2D eigenvalue weighted by Crippen LogP contribution is 2.28. The molecule has 1 aromatic heterocycles. The van der Waals surface area contributed by atoms with Crippen LogP contribution in [0.15, 0.2) is 40.7 Å². The molecule has 0 saturated carbocycles. The van der Waals surface area contributed by atoms with Crippen molar-refractivity contribution in [3.63, 3.8) is 0 Å². The van der Waals surface area contributed by atoms with E-state index in [1.165, 1.54) is 0 Å². The molecule has 0 fully saturated rings. The molecule has 130 valence electrons. The number of oxazole rings is 1. The second-order valence-electron chi connectivity index (χ2n) is 4.47. The molecule has 25 heavy (non-hydrogen) atoms. The summed E-state index contributed by atoms with van der Waals surface area (Å²) in [6, 6.07) is 8.03. The topological polar surface area (TPSA) is 140 Å².